The van der Waals surface area contributed by atoms with Crippen LogP contribution in [0.2, 0.25) is 0 Å². The van der Waals surface area contributed by atoms with Crippen LogP contribution in [0.3, 0.4) is 0 Å². The van der Waals surface area contributed by atoms with Gasteiger partial charge in [0.15, 0.2) is 0 Å². The molecule has 8 nitrogen and oxygen atoms in total. The number of urea groups is 1. The van der Waals surface area contributed by atoms with Crippen LogP contribution in [0, 0.1) is 6.92 Å². The van der Waals surface area contributed by atoms with E-state index in [1.165, 1.54) is 0 Å². The first-order valence-corrected chi connectivity index (χ1v) is 8.30. The Morgan fingerprint density at radius 2 is 1.74 bits per heavy atom. The van der Waals surface area contributed by atoms with E-state index in [4.69, 9.17) is 0 Å². The number of imide groups is 1. The summed E-state index contributed by atoms with van der Waals surface area (Å²) in [4.78, 5) is 47.4. The zero-order valence-corrected chi connectivity index (χ0v) is 14.5. The number of hydrogen-bond acceptors (Lipinski definition) is 4. The van der Waals surface area contributed by atoms with Crippen molar-refractivity contribution in [2.24, 2.45) is 0 Å². The largest absolute Gasteiger partial charge is 0.325 e. The van der Waals surface area contributed by atoms with Crippen LogP contribution in [0.15, 0.2) is 48.5 Å². The summed E-state index contributed by atoms with van der Waals surface area (Å²) in [5, 5.41) is 9.90. The fourth-order valence-electron chi connectivity index (χ4n) is 2.64. The van der Waals surface area contributed by atoms with E-state index < -0.39 is 23.9 Å². The van der Waals surface area contributed by atoms with Gasteiger partial charge in [-0.3, -0.25) is 19.7 Å². The molecule has 8 heteroatoms. The molecule has 2 aromatic rings. The molecule has 4 N–H and O–H groups in total. The minimum absolute atomic E-state index is 0.211. The second kappa shape index (κ2) is 7.69. The molecule has 1 unspecified atom stereocenters. The Kier molecular flexibility index (Phi) is 5.16. The topological polar surface area (TPSA) is 116 Å². The number of aryl methyl sites for hydroxylation is 1. The van der Waals surface area contributed by atoms with Crippen molar-refractivity contribution in [2.75, 3.05) is 10.6 Å². The Morgan fingerprint density at radius 1 is 1.00 bits per heavy atom. The highest BCUT2D eigenvalue weighted by molar-refractivity contribution is 6.09. The summed E-state index contributed by atoms with van der Waals surface area (Å²) in [7, 11) is 0. The normalized spacial score (nSPS) is 15.7. The monoisotopic (exact) mass is 366 g/mol. The molecule has 0 saturated carbocycles. The fraction of sp³-hybridized carbons (Fsp3) is 0.158. The molecule has 1 fully saturated rings. The molecule has 2 aromatic carbocycles. The van der Waals surface area contributed by atoms with E-state index in [2.05, 4.69) is 21.3 Å². The van der Waals surface area contributed by atoms with Crippen molar-refractivity contribution in [2.45, 2.75) is 19.4 Å². The number of nitrogens with one attached hydrogen (secondary N) is 4. The molecule has 1 heterocycles. The molecule has 0 aliphatic carbocycles. The SMILES string of the molecule is Cc1ccc(NC(=O)c2ccccc2)c(NC(=O)CC2NC(=O)NC2=O)c1. The molecule has 0 spiro atoms. The van der Waals surface area contributed by atoms with Crippen molar-refractivity contribution < 1.29 is 19.2 Å². The summed E-state index contributed by atoms with van der Waals surface area (Å²) >= 11 is 0. The highest BCUT2D eigenvalue weighted by Gasteiger charge is 2.31. The lowest BCUT2D eigenvalue weighted by molar-refractivity contribution is -0.124. The van der Waals surface area contributed by atoms with Crippen LogP contribution >= 0.6 is 0 Å². The van der Waals surface area contributed by atoms with Crippen LogP contribution in [-0.4, -0.2) is 29.8 Å². The van der Waals surface area contributed by atoms with Crippen LogP contribution in [0.4, 0.5) is 16.2 Å². The van der Waals surface area contributed by atoms with Gasteiger partial charge < -0.3 is 16.0 Å². The van der Waals surface area contributed by atoms with Gasteiger partial charge in [0.1, 0.15) is 6.04 Å². The third kappa shape index (κ3) is 4.49. The fourth-order valence-corrected chi connectivity index (χ4v) is 2.64. The molecule has 1 saturated heterocycles. The van der Waals surface area contributed by atoms with Crippen molar-refractivity contribution in [3.8, 4) is 0 Å². The molecular formula is C19H18N4O4. The van der Waals surface area contributed by atoms with Gasteiger partial charge in [-0.25, -0.2) is 4.79 Å². The number of carbonyl (C=O) groups excluding carboxylic acids is 4. The lowest BCUT2D eigenvalue weighted by Gasteiger charge is -2.14. The minimum Gasteiger partial charge on any atom is -0.325 e. The quantitative estimate of drug-likeness (QED) is 0.604. The molecule has 27 heavy (non-hydrogen) atoms. The van der Waals surface area contributed by atoms with Gasteiger partial charge in [0.25, 0.3) is 11.8 Å². The van der Waals surface area contributed by atoms with E-state index in [-0.39, 0.29) is 12.3 Å². The van der Waals surface area contributed by atoms with Crippen molar-refractivity contribution in [1.29, 1.82) is 0 Å². The maximum absolute atomic E-state index is 12.4. The summed E-state index contributed by atoms with van der Waals surface area (Å²) in [6, 6.07) is 12.4. The maximum Gasteiger partial charge on any atom is 0.322 e. The van der Waals surface area contributed by atoms with E-state index in [9.17, 15) is 19.2 Å². The van der Waals surface area contributed by atoms with Gasteiger partial charge >= 0.3 is 6.03 Å². The highest BCUT2D eigenvalue weighted by atomic mass is 16.2. The molecule has 1 atom stereocenters. The van der Waals surface area contributed by atoms with Gasteiger partial charge in [-0.1, -0.05) is 24.3 Å². The van der Waals surface area contributed by atoms with E-state index in [0.29, 0.717) is 16.9 Å². The van der Waals surface area contributed by atoms with Crippen LogP contribution in [-0.2, 0) is 9.59 Å². The number of hydrogen-bond donors (Lipinski definition) is 4. The summed E-state index contributed by atoms with van der Waals surface area (Å²) in [5.74, 6) is -1.31. The molecule has 5 amide bonds. The van der Waals surface area contributed by atoms with Crippen LogP contribution in [0.1, 0.15) is 22.3 Å². The lowest BCUT2D eigenvalue weighted by Crippen LogP contribution is -2.33. The maximum atomic E-state index is 12.4. The third-order valence-corrected chi connectivity index (χ3v) is 3.98. The van der Waals surface area contributed by atoms with E-state index >= 15 is 0 Å². The van der Waals surface area contributed by atoms with Gasteiger partial charge in [0.05, 0.1) is 17.8 Å². The van der Waals surface area contributed by atoms with Crippen LogP contribution < -0.4 is 21.3 Å². The minimum atomic E-state index is -0.912. The van der Waals surface area contributed by atoms with Crippen LogP contribution in [0.25, 0.3) is 0 Å². The highest BCUT2D eigenvalue weighted by Crippen LogP contribution is 2.24. The second-order valence-electron chi connectivity index (χ2n) is 6.14. The van der Waals surface area contributed by atoms with Gasteiger partial charge in [-0.05, 0) is 36.8 Å². The Labute approximate surface area is 155 Å². The standard InChI is InChI=1S/C19H18N4O4/c1-11-7-8-13(21-17(25)12-5-3-2-4-6-12)14(9-11)20-16(24)10-15-18(26)23-19(27)22-15/h2-9,15H,10H2,1H3,(H,20,24)(H,21,25)(H2,22,23,26,27). The Balaban J connectivity index is 1.72. The summed E-state index contributed by atoms with van der Waals surface area (Å²) < 4.78 is 0. The van der Waals surface area contributed by atoms with Crippen LogP contribution in [0.5, 0.6) is 0 Å². The average Bonchev–Trinajstić information content (AvgIpc) is 2.95. The van der Waals surface area contributed by atoms with E-state index in [0.717, 1.165) is 5.56 Å². The number of amides is 5. The number of rotatable bonds is 5. The number of anilines is 2. The second-order valence-corrected chi connectivity index (χ2v) is 6.14. The van der Waals surface area contributed by atoms with Gasteiger partial charge in [0, 0.05) is 5.56 Å². The zero-order chi connectivity index (χ0) is 19.4. The molecule has 0 radical (unpaired) electrons. The van der Waals surface area contributed by atoms with Crippen molar-refractivity contribution in [3.63, 3.8) is 0 Å². The number of benzene rings is 2. The molecule has 0 aromatic heterocycles. The predicted molar refractivity (Wildman–Crippen MR) is 99.3 cm³/mol. The lowest BCUT2D eigenvalue weighted by atomic mass is 10.1. The first-order chi connectivity index (χ1) is 12.9. The molecule has 138 valence electrons. The van der Waals surface area contributed by atoms with E-state index in [1.54, 1.807) is 42.5 Å². The molecule has 0 bridgehead atoms. The predicted octanol–water partition coefficient (Wildman–Crippen LogP) is 1.78. The van der Waals surface area contributed by atoms with Crippen molar-refractivity contribution in [1.82, 2.24) is 10.6 Å². The first kappa shape index (κ1) is 18.1. The van der Waals surface area contributed by atoms with E-state index in [1.807, 2.05) is 13.0 Å². The summed E-state index contributed by atoms with van der Waals surface area (Å²) in [6.07, 6.45) is -0.211. The van der Waals surface area contributed by atoms with Gasteiger partial charge in [0.2, 0.25) is 5.91 Å². The third-order valence-electron chi connectivity index (χ3n) is 3.98. The van der Waals surface area contributed by atoms with Gasteiger partial charge in [-0.2, -0.15) is 0 Å². The summed E-state index contributed by atoms with van der Waals surface area (Å²) in [6.45, 7) is 1.85. The Morgan fingerprint density at radius 3 is 2.41 bits per heavy atom. The Bertz CT molecular complexity index is 911. The Hall–Kier alpha value is -3.68. The first-order valence-electron chi connectivity index (χ1n) is 8.30. The van der Waals surface area contributed by atoms with Gasteiger partial charge in [-0.15, -0.1) is 0 Å². The molecular weight excluding hydrogens is 348 g/mol. The molecule has 1 aliphatic heterocycles. The summed E-state index contributed by atoms with van der Waals surface area (Å²) in [5.41, 5.74) is 2.22. The van der Waals surface area contributed by atoms with Crippen molar-refractivity contribution in [3.05, 3.63) is 59.7 Å². The average molecular weight is 366 g/mol. The smallest absolute Gasteiger partial charge is 0.322 e. The molecule has 1 aliphatic rings. The zero-order valence-electron chi connectivity index (χ0n) is 14.5. The van der Waals surface area contributed by atoms with Crippen molar-refractivity contribution >= 4 is 35.1 Å². The molecule has 3 rings (SSSR count). The number of carbonyl (C=O) groups is 4.